The fraction of sp³-hybridized carbons (Fsp3) is 0.611. The maximum absolute atomic E-state index is 13.0. The van der Waals surface area contributed by atoms with E-state index in [1.165, 1.54) is 6.07 Å². The van der Waals surface area contributed by atoms with E-state index in [2.05, 4.69) is 10.6 Å². The van der Waals surface area contributed by atoms with Gasteiger partial charge in [0.15, 0.2) is 0 Å². The maximum atomic E-state index is 13.0. The molecule has 1 unspecified atom stereocenters. The average Bonchev–Trinajstić information content (AvgIpc) is 2.59. The summed E-state index contributed by atoms with van der Waals surface area (Å²) in [5, 5.41) is 6.23. The molecule has 1 saturated heterocycles. The SMILES string of the molecule is CCN(CC)C(C(=O)N[C@H]1CCCNC1)c1cccc(C(F)(F)F)c1. The number of hydrogen-bond acceptors (Lipinski definition) is 3. The molecular formula is C18H26F3N3O. The fourth-order valence-electron chi connectivity index (χ4n) is 3.26. The van der Waals surface area contributed by atoms with E-state index in [0.717, 1.165) is 31.5 Å². The molecule has 1 amide bonds. The number of amides is 1. The molecule has 0 radical (unpaired) electrons. The summed E-state index contributed by atoms with van der Waals surface area (Å²) in [6.45, 7) is 6.58. The van der Waals surface area contributed by atoms with Crippen LogP contribution in [0.2, 0.25) is 0 Å². The highest BCUT2D eigenvalue weighted by Crippen LogP contribution is 2.32. The Balaban J connectivity index is 2.27. The molecule has 0 aliphatic carbocycles. The highest BCUT2D eigenvalue weighted by Gasteiger charge is 2.33. The zero-order chi connectivity index (χ0) is 18.4. The van der Waals surface area contributed by atoms with Crippen LogP contribution in [-0.2, 0) is 11.0 Å². The summed E-state index contributed by atoms with van der Waals surface area (Å²) >= 11 is 0. The first-order chi connectivity index (χ1) is 11.9. The molecule has 0 spiro atoms. The number of halogens is 3. The van der Waals surface area contributed by atoms with Gasteiger partial charge in [0, 0.05) is 12.6 Å². The molecule has 1 fully saturated rings. The molecule has 1 aliphatic rings. The zero-order valence-electron chi connectivity index (χ0n) is 14.7. The third-order valence-corrected chi connectivity index (χ3v) is 4.60. The molecule has 4 nitrogen and oxygen atoms in total. The predicted molar refractivity (Wildman–Crippen MR) is 91.1 cm³/mol. The van der Waals surface area contributed by atoms with Crippen molar-refractivity contribution in [2.24, 2.45) is 0 Å². The van der Waals surface area contributed by atoms with Crippen LogP contribution in [0.4, 0.5) is 13.2 Å². The van der Waals surface area contributed by atoms with Crippen molar-refractivity contribution in [3.63, 3.8) is 0 Å². The van der Waals surface area contributed by atoms with Gasteiger partial charge in [0.05, 0.1) is 5.56 Å². The molecule has 2 atom stereocenters. The van der Waals surface area contributed by atoms with Crippen molar-refractivity contribution in [3.05, 3.63) is 35.4 Å². The minimum atomic E-state index is -4.42. The summed E-state index contributed by atoms with van der Waals surface area (Å²) in [7, 11) is 0. The second-order valence-corrected chi connectivity index (χ2v) is 6.30. The number of likely N-dealkylation sites (N-methyl/N-ethyl adjacent to an activating group) is 1. The van der Waals surface area contributed by atoms with Crippen LogP contribution in [0.1, 0.15) is 43.9 Å². The van der Waals surface area contributed by atoms with Crippen molar-refractivity contribution in [2.75, 3.05) is 26.2 Å². The lowest BCUT2D eigenvalue weighted by atomic mass is 10.00. The van der Waals surface area contributed by atoms with Crippen LogP contribution >= 0.6 is 0 Å². The number of alkyl halides is 3. The summed E-state index contributed by atoms with van der Waals surface area (Å²) in [6.07, 6.45) is -2.57. The van der Waals surface area contributed by atoms with Gasteiger partial charge in [-0.3, -0.25) is 9.69 Å². The minimum Gasteiger partial charge on any atom is -0.350 e. The molecule has 7 heteroatoms. The molecule has 140 valence electrons. The van der Waals surface area contributed by atoms with Crippen molar-refractivity contribution in [2.45, 2.75) is 44.9 Å². The highest BCUT2D eigenvalue weighted by molar-refractivity contribution is 5.83. The minimum absolute atomic E-state index is 0.0186. The summed E-state index contributed by atoms with van der Waals surface area (Å²) in [6, 6.07) is 4.37. The van der Waals surface area contributed by atoms with Gasteiger partial charge in [0.1, 0.15) is 6.04 Å². The third-order valence-electron chi connectivity index (χ3n) is 4.60. The molecule has 1 aromatic carbocycles. The van der Waals surface area contributed by atoms with Crippen LogP contribution in [0.25, 0.3) is 0 Å². The Morgan fingerprint density at radius 1 is 1.36 bits per heavy atom. The number of piperidine rings is 1. The Kier molecular flexibility index (Phi) is 6.84. The summed E-state index contributed by atoms with van der Waals surface area (Å²) in [5.74, 6) is -0.239. The van der Waals surface area contributed by atoms with E-state index in [1.807, 2.05) is 18.7 Å². The fourth-order valence-corrected chi connectivity index (χ4v) is 3.26. The summed E-state index contributed by atoms with van der Waals surface area (Å²) < 4.78 is 39.1. The van der Waals surface area contributed by atoms with Gasteiger partial charge >= 0.3 is 6.18 Å². The second-order valence-electron chi connectivity index (χ2n) is 6.30. The van der Waals surface area contributed by atoms with Crippen LogP contribution in [0.3, 0.4) is 0 Å². The zero-order valence-corrected chi connectivity index (χ0v) is 14.7. The third kappa shape index (κ3) is 5.19. The topological polar surface area (TPSA) is 44.4 Å². The summed E-state index contributed by atoms with van der Waals surface area (Å²) in [5.41, 5.74) is -0.353. The number of nitrogens with one attached hydrogen (secondary N) is 2. The van der Waals surface area contributed by atoms with E-state index in [0.29, 0.717) is 25.2 Å². The first kappa shape index (κ1) is 19.7. The Morgan fingerprint density at radius 2 is 2.08 bits per heavy atom. The number of nitrogens with zero attached hydrogens (tertiary/aromatic N) is 1. The number of benzene rings is 1. The predicted octanol–water partition coefficient (Wildman–Crippen LogP) is 2.96. The molecule has 1 aromatic rings. The van der Waals surface area contributed by atoms with Crippen LogP contribution in [0.15, 0.2) is 24.3 Å². The van der Waals surface area contributed by atoms with E-state index in [1.54, 1.807) is 6.07 Å². The first-order valence-electron chi connectivity index (χ1n) is 8.79. The molecule has 1 aliphatic heterocycles. The van der Waals surface area contributed by atoms with Crippen molar-refractivity contribution in [1.82, 2.24) is 15.5 Å². The lowest BCUT2D eigenvalue weighted by molar-refractivity contribution is -0.138. The van der Waals surface area contributed by atoms with Gasteiger partial charge in [-0.25, -0.2) is 0 Å². The van der Waals surface area contributed by atoms with Gasteiger partial charge in [0.25, 0.3) is 0 Å². The van der Waals surface area contributed by atoms with Crippen LogP contribution in [0.5, 0.6) is 0 Å². The Bertz CT molecular complexity index is 567. The van der Waals surface area contributed by atoms with E-state index >= 15 is 0 Å². The van der Waals surface area contributed by atoms with Crippen LogP contribution < -0.4 is 10.6 Å². The van der Waals surface area contributed by atoms with Gasteiger partial charge in [-0.15, -0.1) is 0 Å². The molecule has 0 aromatic heterocycles. The van der Waals surface area contributed by atoms with Crippen molar-refractivity contribution in [1.29, 1.82) is 0 Å². The quantitative estimate of drug-likeness (QED) is 0.823. The monoisotopic (exact) mass is 357 g/mol. The standard InChI is InChI=1S/C18H26F3N3O/c1-3-24(4-2)16(17(25)23-15-9-6-10-22-12-15)13-7-5-8-14(11-13)18(19,20)21/h5,7-8,11,15-16,22H,3-4,6,9-10,12H2,1-2H3,(H,23,25)/t15-,16?/m0/s1. The molecule has 0 bridgehead atoms. The molecule has 25 heavy (non-hydrogen) atoms. The van der Waals surface area contributed by atoms with Crippen molar-refractivity contribution >= 4 is 5.91 Å². The van der Waals surface area contributed by atoms with Crippen LogP contribution in [-0.4, -0.2) is 43.0 Å². The van der Waals surface area contributed by atoms with E-state index in [-0.39, 0.29) is 11.9 Å². The molecule has 1 heterocycles. The number of rotatable bonds is 6. The molecule has 2 rings (SSSR count). The van der Waals surface area contributed by atoms with Crippen LogP contribution in [0, 0.1) is 0 Å². The Morgan fingerprint density at radius 3 is 2.64 bits per heavy atom. The lowest BCUT2D eigenvalue weighted by Gasteiger charge is -2.32. The van der Waals surface area contributed by atoms with E-state index in [9.17, 15) is 18.0 Å². The van der Waals surface area contributed by atoms with E-state index < -0.39 is 17.8 Å². The van der Waals surface area contributed by atoms with Gasteiger partial charge in [0.2, 0.25) is 5.91 Å². The molecule has 0 saturated carbocycles. The Hall–Kier alpha value is -1.60. The molecular weight excluding hydrogens is 331 g/mol. The van der Waals surface area contributed by atoms with Gasteiger partial charge in [-0.1, -0.05) is 26.0 Å². The van der Waals surface area contributed by atoms with Gasteiger partial charge in [-0.2, -0.15) is 13.2 Å². The average molecular weight is 357 g/mol. The van der Waals surface area contributed by atoms with Gasteiger partial charge < -0.3 is 10.6 Å². The first-order valence-corrected chi connectivity index (χ1v) is 8.79. The smallest absolute Gasteiger partial charge is 0.350 e. The maximum Gasteiger partial charge on any atom is 0.416 e. The number of carbonyl (C=O) groups excluding carboxylic acids is 1. The highest BCUT2D eigenvalue weighted by atomic mass is 19.4. The van der Waals surface area contributed by atoms with Crippen molar-refractivity contribution in [3.8, 4) is 0 Å². The summed E-state index contributed by atoms with van der Waals surface area (Å²) in [4.78, 5) is 14.7. The normalized spacial score (nSPS) is 19.7. The molecule has 2 N–H and O–H groups in total. The second kappa shape index (κ2) is 8.67. The van der Waals surface area contributed by atoms with Gasteiger partial charge in [-0.05, 0) is 50.2 Å². The number of carbonyl (C=O) groups is 1. The lowest BCUT2D eigenvalue weighted by Crippen LogP contribution is -2.49. The number of hydrogen-bond donors (Lipinski definition) is 2. The Labute approximate surface area is 146 Å². The van der Waals surface area contributed by atoms with E-state index in [4.69, 9.17) is 0 Å². The van der Waals surface area contributed by atoms with Crippen molar-refractivity contribution < 1.29 is 18.0 Å². The largest absolute Gasteiger partial charge is 0.416 e.